The molecule has 0 bridgehead atoms. The van der Waals surface area contributed by atoms with Crippen LogP contribution in [0.1, 0.15) is 59.7 Å². The average molecular weight is 582 g/mol. The van der Waals surface area contributed by atoms with Crippen LogP contribution in [-0.4, -0.2) is 48.8 Å². The summed E-state index contributed by atoms with van der Waals surface area (Å²) in [5.74, 6) is 0.975. The SMILES string of the molecule is COC(=O)c1ccc2nc(N(C)[C@@H]3CC[C@H](OCc4c(-c5ccccc5OC(F)(F)F)noc4C4CC4)C3)ccc2c1. The van der Waals surface area contributed by atoms with Crippen molar-refractivity contribution in [1.82, 2.24) is 10.1 Å². The summed E-state index contributed by atoms with van der Waals surface area (Å²) in [5.41, 5.74) is 2.46. The van der Waals surface area contributed by atoms with E-state index in [2.05, 4.69) is 14.8 Å². The molecule has 0 unspecified atom stereocenters. The number of nitrogens with zero attached hydrogens (tertiary/aromatic N) is 3. The quantitative estimate of drug-likeness (QED) is 0.195. The number of rotatable bonds is 9. The molecule has 0 radical (unpaired) electrons. The van der Waals surface area contributed by atoms with Crippen LogP contribution in [0.15, 0.2) is 59.1 Å². The third-order valence-electron chi connectivity index (χ3n) is 7.96. The van der Waals surface area contributed by atoms with E-state index in [0.29, 0.717) is 22.6 Å². The Labute approximate surface area is 240 Å². The van der Waals surface area contributed by atoms with Crippen molar-refractivity contribution >= 4 is 22.7 Å². The number of esters is 1. The molecule has 8 nitrogen and oxygen atoms in total. The Morgan fingerprint density at radius 2 is 1.88 bits per heavy atom. The number of alkyl halides is 3. The molecule has 2 aliphatic carbocycles. The van der Waals surface area contributed by atoms with Gasteiger partial charge < -0.3 is 23.6 Å². The molecule has 2 aromatic heterocycles. The fourth-order valence-corrected chi connectivity index (χ4v) is 5.58. The van der Waals surface area contributed by atoms with Gasteiger partial charge in [0.2, 0.25) is 0 Å². The number of hydrogen-bond donors (Lipinski definition) is 0. The van der Waals surface area contributed by atoms with Gasteiger partial charge >= 0.3 is 12.3 Å². The third-order valence-corrected chi connectivity index (χ3v) is 7.96. The van der Waals surface area contributed by atoms with Crippen LogP contribution in [0, 0.1) is 0 Å². The van der Waals surface area contributed by atoms with Crippen molar-refractivity contribution in [3.8, 4) is 17.0 Å². The van der Waals surface area contributed by atoms with Crippen LogP contribution in [0.4, 0.5) is 19.0 Å². The highest BCUT2D eigenvalue weighted by atomic mass is 19.4. The van der Waals surface area contributed by atoms with Gasteiger partial charge in [0.25, 0.3) is 0 Å². The molecule has 4 aromatic rings. The topological polar surface area (TPSA) is 86.9 Å². The van der Waals surface area contributed by atoms with Crippen LogP contribution >= 0.6 is 0 Å². The first-order valence-corrected chi connectivity index (χ1v) is 13.9. The minimum Gasteiger partial charge on any atom is -0.465 e. The Hall–Kier alpha value is -4.12. The molecule has 0 N–H and O–H groups in total. The molecule has 42 heavy (non-hydrogen) atoms. The molecule has 2 aromatic carbocycles. The van der Waals surface area contributed by atoms with Gasteiger partial charge in [0.05, 0.1) is 30.9 Å². The van der Waals surface area contributed by atoms with E-state index in [-0.39, 0.29) is 36.0 Å². The number of anilines is 1. The number of benzene rings is 2. The molecular formula is C31H30F3N3O5. The summed E-state index contributed by atoms with van der Waals surface area (Å²) in [5, 5.41) is 5.01. The molecule has 2 saturated carbocycles. The van der Waals surface area contributed by atoms with Crippen LogP contribution in [-0.2, 0) is 16.1 Å². The molecule has 0 aliphatic heterocycles. The largest absolute Gasteiger partial charge is 0.573 e. The Kier molecular flexibility index (Phi) is 7.53. The molecule has 2 heterocycles. The van der Waals surface area contributed by atoms with Crippen molar-refractivity contribution in [1.29, 1.82) is 0 Å². The maximum atomic E-state index is 13.1. The monoisotopic (exact) mass is 581 g/mol. The lowest BCUT2D eigenvalue weighted by molar-refractivity contribution is -0.274. The second kappa shape index (κ2) is 11.3. The van der Waals surface area contributed by atoms with Crippen molar-refractivity contribution < 1.29 is 36.7 Å². The molecule has 220 valence electrons. The van der Waals surface area contributed by atoms with Gasteiger partial charge in [0, 0.05) is 35.5 Å². The zero-order valence-electron chi connectivity index (χ0n) is 23.2. The smallest absolute Gasteiger partial charge is 0.465 e. The number of fused-ring (bicyclic) bond motifs is 1. The van der Waals surface area contributed by atoms with Gasteiger partial charge in [-0.2, -0.15) is 0 Å². The number of pyridine rings is 1. The maximum absolute atomic E-state index is 13.1. The van der Waals surface area contributed by atoms with Crippen molar-refractivity contribution in [2.45, 2.75) is 63.1 Å². The van der Waals surface area contributed by atoms with Crippen molar-refractivity contribution in [2.24, 2.45) is 0 Å². The second-order valence-corrected chi connectivity index (χ2v) is 10.8. The van der Waals surface area contributed by atoms with Gasteiger partial charge in [0.15, 0.2) is 0 Å². The number of halogens is 3. The number of methoxy groups -OCH3 is 1. The van der Waals surface area contributed by atoms with Crippen LogP contribution in [0.25, 0.3) is 22.2 Å². The van der Waals surface area contributed by atoms with Crippen molar-refractivity contribution in [3.63, 3.8) is 0 Å². The Bertz CT molecular complexity index is 1600. The van der Waals surface area contributed by atoms with Crippen LogP contribution in [0.3, 0.4) is 0 Å². The van der Waals surface area contributed by atoms with Gasteiger partial charge in [-0.1, -0.05) is 17.3 Å². The molecule has 2 aliphatic rings. The molecule has 0 saturated heterocycles. The summed E-state index contributed by atoms with van der Waals surface area (Å²) >= 11 is 0. The molecule has 11 heteroatoms. The van der Waals surface area contributed by atoms with Crippen LogP contribution in [0.2, 0.25) is 0 Å². The minimum absolute atomic E-state index is 0.0445. The summed E-state index contributed by atoms with van der Waals surface area (Å²) in [6.45, 7) is 0.183. The summed E-state index contributed by atoms with van der Waals surface area (Å²) in [6, 6.07) is 15.3. The second-order valence-electron chi connectivity index (χ2n) is 10.8. The predicted octanol–water partition coefficient (Wildman–Crippen LogP) is 7.03. The van der Waals surface area contributed by atoms with Gasteiger partial charge in [-0.05, 0) is 74.6 Å². The number of hydrogen-bond acceptors (Lipinski definition) is 8. The molecule has 0 spiro atoms. The highest BCUT2D eigenvalue weighted by Crippen LogP contribution is 2.46. The Morgan fingerprint density at radius 1 is 1.07 bits per heavy atom. The predicted molar refractivity (Wildman–Crippen MR) is 148 cm³/mol. The van der Waals surface area contributed by atoms with Crippen LogP contribution in [0.5, 0.6) is 5.75 Å². The lowest BCUT2D eigenvalue weighted by Gasteiger charge is -2.26. The van der Waals surface area contributed by atoms with E-state index >= 15 is 0 Å². The zero-order valence-corrected chi connectivity index (χ0v) is 23.2. The summed E-state index contributed by atoms with van der Waals surface area (Å²) < 4.78 is 60.3. The van der Waals surface area contributed by atoms with E-state index in [1.165, 1.54) is 19.2 Å². The number of carbonyl (C=O) groups excluding carboxylic acids is 1. The summed E-state index contributed by atoms with van der Waals surface area (Å²) in [4.78, 5) is 18.8. The van der Waals surface area contributed by atoms with Gasteiger partial charge in [-0.25, -0.2) is 9.78 Å². The molecule has 0 amide bonds. The van der Waals surface area contributed by atoms with Crippen LogP contribution < -0.4 is 9.64 Å². The number of ether oxygens (including phenoxy) is 3. The van der Waals surface area contributed by atoms with Gasteiger partial charge in [-0.15, -0.1) is 13.2 Å². The number of aromatic nitrogens is 2. The number of para-hydroxylation sites is 1. The first-order valence-electron chi connectivity index (χ1n) is 13.9. The molecule has 2 fully saturated rings. The van der Waals surface area contributed by atoms with Gasteiger partial charge in [0.1, 0.15) is 23.0 Å². The summed E-state index contributed by atoms with van der Waals surface area (Å²) in [6.07, 6.45) is -0.480. The normalized spacial score (nSPS) is 18.8. The zero-order chi connectivity index (χ0) is 29.4. The lowest BCUT2D eigenvalue weighted by Crippen LogP contribution is -2.30. The average Bonchev–Trinajstić information content (AvgIpc) is 3.56. The van der Waals surface area contributed by atoms with E-state index < -0.39 is 12.3 Å². The van der Waals surface area contributed by atoms with Crippen molar-refractivity contribution in [2.75, 3.05) is 19.1 Å². The van der Waals surface area contributed by atoms with Crippen molar-refractivity contribution in [3.05, 3.63) is 71.5 Å². The molecular weight excluding hydrogens is 551 g/mol. The highest BCUT2D eigenvalue weighted by molar-refractivity contribution is 5.94. The first kappa shape index (κ1) is 28.0. The minimum atomic E-state index is -4.83. The Morgan fingerprint density at radius 3 is 2.64 bits per heavy atom. The number of carbonyl (C=O) groups is 1. The molecule has 6 rings (SSSR count). The standard InChI is InChI=1S/C31H30F3N3O5/c1-37(27-14-10-19-15-20(30(38)39-2)9-13-25(19)35-27)21-11-12-22(16-21)40-17-24-28(36-42-29(24)18-7-8-18)23-5-3-4-6-26(23)41-31(32,33)34/h3-6,9-10,13-15,18,21-22H,7-8,11-12,16-17H2,1-2H3/t21-,22+/m1/s1. The maximum Gasteiger partial charge on any atom is 0.573 e. The van der Waals surface area contributed by atoms with E-state index in [1.807, 2.05) is 25.2 Å². The molecule has 2 atom stereocenters. The van der Waals surface area contributed by atoms with E-state index in [9.17, 15) is 18.0 Å². The third kappa shape index (κ3) is 5.92. The lowest BCUT2D eigenvalue weighted by atomic mass is 10.0. The fraction of sp³-hybridized carbons (Fsp3) is 0.387. The van der Waals surface area contributed by atoms with E-state index in [0.717, 1.165) is 48.8 Å². The fourth-order valence-electron chi connectivity index (χ4n) is 5.58. The highest BCUT2D eigenvalue weighted by Gasteiger charge is 2.36. The van der Waals surface area contributed by atoms with E-state index in [4.69, 9.17) is 19.0 Å². The van der Waals surface area contributed by atoms with Gasteiger partial charge in [-0.3, -0.25) is 0 Å². The van der Waals surface area contributed by atoms with E-state index in [1.54, 1.807) is 24.3 Å². The Balaban J connectivity index is 1.15. The first-order chi connectivity index (χ1) is 20.2. The summed E-state index contributed by atoms with van der Waals surface area (Å²) in [7, 11) is 3.36.